The Morgan fingerprint density at radius 2 is 2.00 bits per heavy atom. The molecule has 0 radical (unpaired) electrons. The van der Waals surface area contributed by atoms with Gasteiger partial charge in [0.15, 0.2) is 0 Å². The number of amides is 2. The van der Waals surface area contributed by atoms with Crippen molar-refractivity contribution in [1.29, 1.82) is 0 Å². The number of carbonyl (C=O) groups is 2. The largest absolute Gasteiger partial charge is 0.368 e. The Bertz CT molecular complexity index is 261. The first-order valence-corrected chi connectivity index (χ1v) is 5.27. The first-order chi connectivity index (χ1) is 6.68. The van der Waals surface area contributed by atoms with Gasteiger partial charge < -0.3 is 10.6 Å². The summed E-state index contributed by atoms with van der Waals surface area (Å²) in [6.07, 6.45) is 4.60. The van der Waals surface area contributed by atoms with Crippen molar-refractivity contribution in [2.45, 2.75) is 38.1 Å². The van der Waals surface area contributed by atoms with Gasteiger partial charge in [0, 0.05) is 13.0 Å². The van der Waals surface area contributed by atoms with Gasteiger partial charge in [-0.2, -0.15) is 0 Å². The number of nitrogens with two attached hydrogens (primary N) is 1. The van der Waals surface area contributed by atoms with Crippen LogP contribution in [0.2, 0.25) is 0 Å². The lowest BCUT2D eigenvalue weighted by Crippen LogP contribution is -2.43. The lowest BCUT2D eigenvalue weighted by atomic mass is 10.2. The summed E-state index contributed by atoms with van der Waals surface area (Å²) in [5.41, 5.74) is 5.24. The summed E-state index contributed by atoms with van der Waals surface area (Å²) in [5, 5.41) is 0. The van der Waals surface area contributed by atoms with E-state index in [1.165, 1.54) is 12.8 Å². The molecule has 1 saturated carbocycles. The molecule has 2 amide bonds. The lowest BCUT2D eigenvalue weighted by molar-refractivity contribution is -0.137. The van der Waals surface area contributed by atoms with E-state index < -0.39 is 0 Å². The minimum Gasteiger partial charge on any atom is -0.368 e. The molecule has 2 aliphatic rings. The zero-order chi connectivity index (χ0) is 10.1. The molecule has 0 unspecified atom stereocenters. The SMILES string of the molecule is NC(=O)[C@H]1CCCN1C(=O)CC1CC1. The highest BCUT2D eigenvalue weighted by molar-refractivity contribution is 5.87. The van der Waals surface area contributed by atoms with Gasteiger partial charge in [0.2, 0.25) is 11.8 Å². The number of rotatable bonds is 3. The Morgan fingerprint density at radius 1 is 1.29 bits per heavy atom. The Morgan fingerprint density at radius 3 is 2.57 bits per heavy atom. The first-order valence-electron chi connectivity index (χ1n) is 5.27. The molecule has 1 saturated heterocycles. The van der Waals surface area contributed by atoms with E-state index in [2.05, 4.69) is 0 Å². The minimum atomic E-state index is -0.355. The standard InChI is InChI=1S/C10H16N2O2/c11-10(14)8-2-1-5-12(8)9(13)6-7-3-4-7/h7-8H,1-6H2,(H2,11,14)/t8-/m1/s1. The van der Waals surface area contributed by atoms with Crippen molar-refractivity contribution < 1.29 is 9.59 Å². The molecule has 14 heavy (non-hydrogen) atoms. The maximum atomic E-state index is 11.7. The van der Waals surface area contributed by atoms with Crippen LogP contribution in [0.1, 0.15) is 32.1 Å². The Balaban J connectivity index is 1.93. The molecule has 0 bridgehead atoms. The van der Waals surface area contributed by atoms with Crippen LogP contribution in [0, 0.1) is 5.92 Å². The molecule has 1 heterocycles. The van der Waals surface area contributed by atoms with Crippen LogP contribution in [0.25, 0.3) is 0 Å². The maximum Gasteiger partial charge on any atom is 0.240 e. The summed E-state index contributed by atoms with van der Waals surface area (Å²) in [5.74, 6) is 0.345. The van der Waals surface area contributed by atoms with Gasteiger partial charge in [-0.25, -0.2) is 0 Å². The average molecular weight is 196 g/mol. The fourth-order valence-corrected chi connectivity index (χ4v) is 2.05. The van der Waals surface area contributed by atoms with Crippen molar-refractivity contribution >= 4 is 11.8 Å². The topological polar surface area (TPSA) is 63.4 Å². The van der Waals surface area contributed by atoms with Crippen LogP contribution in [-0.2, 0) is 9.59 Å². The van der Waals surface area contributed by atoms with Gasteiger partial charge >= 0.3 is 0 Å². The Kier molecular flexibility index (Phi) is 2.44. The minimum absolute atomic E-state index is 0.119. The highest BCUT2D eigenvalue weighted by Gasteiger charge is 2.35. The molecule has 2 N–H and O–H groups in total. The van der Waals surface area contributed by atoms with Crippen LogP contribution < -0.4 is 5.73 Å². The fourth-order valence-electron chi connectivity index (χ4n) is 2.05. The summed E-state index contributed by atoms with van der Waals surface area (Å²) in [6, 6.07) is -0.332. The quantitative estimate of drug-likeness (QED) is 0.704. The van der Waals surface area contributed by atoms with Gasteiger partial charge in [-0.15, -0.1) is 0 Å². The second-order valence-corrected chi connectivity index (χ2v) is 4.30. The number of hydrogen-bond donors (Lipinski definition) is 1. The molecule has 0 aromatic rings. The van der Waals surface area contributed by atoms with Crippen molar-refractivity contribution in [2.75, 3.05) is 6.54 Å². The van der Waals surface area contributed by atoms with Gasteiger partial charge in [-0.1, -0.05) is 0 Å². The van der Waals surface area contributed by atoms with E-state index in [4.69, 9.17) is 5.73 Å². The van der Waals surface area contributed by atoms with Crippen molar-refractivity contribution in [1.82, 2.24) is 4.90 Å². The third-order valence-electron chi connectivity index (χ3n) is 3.06. The Labute approximate surface area is 83.4 Å². The van der Waals surface area contributed by atoms with E-state index in [-0.39, 0.29) is 17.9 Å². The van der Waals surface area contributed by atoms with E-state index in [0.717, 1.165) is 12.8 Å². The second kappa shape index (κ2) is 3.59. The molecule has 2 rings (SSSR count). The van der Waals surface area contributed by atoms with Crippen molar-refractivity contribution in [3.05, 3.63) is 0 Å². The number of hydrogen-bond acceptors (Lipinski definition) is 2. The number of primary amides is 1. The van der Waals surface area contributed by atoms with Crippen molar-refractivity contribution in [3.63, 3.8) is 0 Å². The van der Waals surface area contributed by atoms with Crippen LogP contribution in [0.5, 0.6) is 0 Å². The van der Waals surface area contributed by atoms with Crippen LogP contribution in [-0.4, -0.2) is 29.3 Å². The van der Waals surface area contributed by atoms with Crippen LogP contribution in [0.4, 0.5) is 0 Å². The molecule has 1 aliphatic heterocycles. The van der Waals surface area contributed by atoms with Gasteiger partial charge in [0.25, 0.3) is 0 Å². The van der Waals surface area contributed by atoms with Gasteiger partial charge in [0.1, 0.15) is 6.04 Å². The van der Waals surface area contributed by atoms with E-state index in [1.54, 1.807) is 4.90 Å². The third-order valence-corrected chi connectivity index (χ3v) is 3.06. The van der Waals surface area contributed by atoms with Gasteiger partial charge in [-0.05, 0) is 31.6 Å². The van der Waals surface area contributed by atoms with E-state index >= 15 is 0 Å². The summed E-state index contributed by atoms with van der Waals surface area (Å²) in [4.78, 5) is 24.4. The Hall–Kier alpha value is -1.06. The summed E-state index contributed by atoms with van der Waals surface area (Å²) >= 11 is 0. The highest BCUT2D eigenvalue weighted by Crippen LogP contribution is 2.33. The zero-order valence-electron chi connectivity index (χ0n) is 8.24. The van der Waals surface area contributed by atoms with E-state index in [9.17, 15) is 9.59 Å². The molecule has 0 aromatic carbocycles. The second-order valence-electron chi connectivity index (χ2n) is 4.30. The van der Waals surface area contributed by atoms with Crippen LogP contribution >= 0.6 is 0 Å². The smallest absolute Gasteiger partial charge is 0.240 e. The molecule has 1 atom stereocenters. The molecule has 4 nitrogen and oxygen atoms in total. The van der Waals surface area contributed by atoms with E-state index in [1.807, 2.05) is 0 Å². The fraction of sp³-hybridized carbons (Fsp3) is 0.800. The number of nitrogens with zero attached hydrogens (tertiary/aromatic N) is 1. The third kappa shape index (κ3) is 1.89. The molecular formula is C10H16N2O2. The summed E-state index contributed by atoms with van der Waals surface area (Å²) in [6.45, 7) is 0.708. The number of likely N-dealkylation sites (tertiary alicyclic amines) is 1. The lowest BCUT2D eigenvalue weighted by Gasteiger charge is -2.21. The van der Waals surface area contributed by atoms with Crippen LogP contribution in [0.15, 0.2) is 0 Å². The van der Waals surface area contributed by atoms with Crippen LogP contribution in [0.3, 0.4) is 0 Å². The maximum absolute atomic E-state index is 11.7. The summed E-state index contributed by atoms with van der Waals surface area (Å²) in [7, 11) is 0. The molecule has 1 aliphatic carbocycles. The number of carbonyl (C=O) groups excluding carboxylic acids is 2. The van der Waals surface area contributed by atoms with Gasteiger partial charge in [-0.3, -0.25) is 9.59 Å². The van der Waals surface area contributed by atoms with Crippen molar-refractivity contribution in [3.8, 4) is 0 Å². The van der Waals surface area contributed by atoms with Crippen molar-refractivity contribution in [2.24, 2.45) is 11.7 Å². The molecule has 78 valence electrons. The molecule has 4 heteroatoms. The van der Waals surface area contributed by atoms with Gasteiger partial charge in [0.05, 0.1) is 0 Å². The monoisotopic (exact) mass is 196 g/mol. The summed E-state index contributed by atoms with van der Waals surface area (Å²) < 4.78 is 0. The average Bonchev–Trinajstić information content (AvgIpc) is 2.81. The predicted molar refractivity (Wildman–Crippen MR) is 51.3 cm³/mol. The highest BCUT2D eigenvalue weighted by atomic mass is 16.2. The predicted octanol–water partition coefficient (Wildman–Crippen LogP) is 0.263. The molecular weight excluding hydrogens is 180 g/mol. The molecule has 0 aromatic heterocycles. The van der Waals surface area contributed by atoms with E-state index in [0.29, 0.717) is 18.9 Å². The molecule has 2 fully saturated rings. The zero-order valence-corrected chi connectivity index (χ0v) is 8.24. The first kappa shape index (κ1) is 9.49. The molecule has 0 spiro atoms. The normalized spacial score (nSPS) is 26.6.